The average Bonchev–Trinajstić information content (AvgIpc) is 2.33. The summed E-state index contributed by atoms with van der Waals surface area (Å²) in [5.74, 6) is 0.910. The molecule has 0 unspecified atom stereocenters. The number of hydrogen-bond acceptors (Lipinski definition) is 4. The van der Waals surface area contributed by atoms with Crippen LogP contribution < -0.4 is 15.5 Å². The SMILES string of the molecule is CCNc1cc(N2CCNC(=O)C2(C)C)ccn1. The molecule has 0 atom stereocenters. The Balaban J connectivity index is 2.29. The molecule has 1 aliphatic heterocycles. The van der Waals surface area contributed by atoms with Crippen LogP contribution in [0, 0.1) is 0 Å². The van der Waals surface area contributed by atoms with Gasteiger partial charge in [0.2, 0.25) is 5.91 Å². The molecule has 0 bridgehead atoms. The first kappa shape index (κ1) is 12.7. The van der Waals surface area contributed by atoms with Crippen molar-refractivity contribution in [3.05, 3.63) is 18.3 Å². The lowest BCUT2D eigenvalue weighted by atomic mass is 9.98. The number of carbonyl (C=O) groups excluding carboxylic acids is 1. The highest BCUT2D eigenvalue weighted by Crippen LogP contribution is 2.27. The summed E-state index contributed by atoms with van der Waals surface area (Å²) in [6.07, 6.45) is 1.77. The predicted molar refractivity (Wildman–Crippen MR) is 72.8 cm³/mol. The van der Waals surface area contributed by atoms with Gasteiger partial charge in [-0.05, 0) is 26.8 Å². The van der Waals surface area contributed by atoms with Crippen LogP contribution in [0.2, 0.25) is 0 Å². The monoisotopic (exact) mass is 248 g/mol. The number of piperazine rings is 1. The fourth-order valence-electron chi connectivity index (χ4n) is 2.22. The van der Waals surface area contributed by atoms with Gasteiger partial charge in [-0.3, -0.25) is 4.79 Å². The zero-order valence-electron chi connectivity index (χ0n) is 11.2. The van der Waals surface area contributed by atoms with E-state index in [0.29, 0.717) is 6.54 Å². The summed E-state index contributed by atoms with van der Waals surface area (Å²) < 4.78 is 0. The molecule has 2 N–H and O–H groups in total. The number of pyridine rings is 1. The number of hydrogen-bond donors (Lipinski definition) is 2. The van der Waals surface area contributed by atoms with Crippen molar-refractivity contribution in [3.63, 3.8) is 0 Å². The molecular formula is C13H20N4O. The van der Waals surface area contributed by atoms with Gasteiger partial charge in [-0.15, -0.1) is 0 Å². The quantitative estimate of drug-likeness (QED) is 0.844. The fourth-order valence-corrected chi connectivity index (χ4v) is 2.22. The predicted octanol–water partition coefficient (Wildman–Crippen LogP) is 1.23. The van der Waals surface area contributed by atoms with Gasteiger partial charge < -0.3 is 15.5 Å². The Labute approximate surface area is 108 Å². The van der Waals surface area contributed by atoms with E-state index in [0.717, 1.165) is 24.6 Å². The molecule has 0 aliphatic carbocycles. The van der Waals surface area contributed by atoms with Crippen LogP contribution in [0.1, 0.15) is 20.8 Å². The van der Waals surface area contributed by atoms with Gasteiger partial charge in [-0.2, -0.15) is 0 Å². The Morgan fingerprint density at radius 3 is 3.06 bits per heavy atom. The minimum absolute atomic E-state index is 0.0653. The number of amides is 1. The first-order valence-corrected chi connectivity index (χ1v) is 6.31. The minimum Gasteiger partial charge on any atom is -0.370 e. The van der Waals surface area contributed by atoms with E-state index in [1.54, 1.807) is 6.20 Å². The summed E-state index contributed by atoms with van der Waals surface area (Å²) in [6, 6.07) is 3.94. The molecule has 1 aromatic rings. The molecular weight excluding hydrogens is 228 g/mol. The van der Waals surface area contributed by atoms with Crippen LogP contribution in [0.5, 0.6) is 0 Å². The van der Waals surface area contributed by atoms with Gasteiger partial charge in [0.05, 0.1) is 0 Å². The summed E-state index contributed by atoms with van der Waals surface area (Å²) in [4.78, 5) is 18.3. The molecule has 2 rings (SSSR count). The molecule has 1 saturated heterocycles. The Bertz CT molecular complexity index is 444. The molecule has 0 spiro atoms. The lowest BCUT2D eigenvalue weighted by Crippen LogP contribution is -2.62. The number of nitrogens with one attached hydrogen (secondary N) is 2. The maximum absolute atomic E-state index is 11.9. The molecule has 5 heteroatoms. The highest BCUT2D eigenvalue weighted by atomic mass is 16.2. The third-order valence-electron chi connectivity index (χ3n) is 3.26. The highest BCUT2D eigenvalue weighted by Gasteiger charge is 2.37. The molecule has 0 aromatic carbocycles. The zero-order chi connectivity index (χ0) is 13.2. The molecule has 1 aromatic heterocycles. The maximum Gasteiger partial charge on any atom is 0.245 e. The van der Waals surface area contributed by atoms with Crippen LogP contribution in [0.3, 0.4) is 0 Å². The van der Waals surface area contributed by atoms with Crippen LogP contribution in [-0.2, 0) is 4.79 Å². The largest absolute Gasteiger partial charge is 0.370 e. The van der Waals surface area contributed by atoms with E-state index in [-0.39, 0.29) is 5.91 Å². The summed E-state index contributed by atoms with van der Waals surface area (Å²) in [7, 11) is 0. The van der Waals surface area contributed by atoms with Gasteiger partial charge in [0.15, 0.2) is 0 Å². The van der Waals surface area contributed by atoms with Gasteiger partial charge in [-0.25, -0.2) is 4.98 Å². The summed E-state index contributed by atoms with van der Waals surface area (Å²) >= 11 is 0. The van der Waals surface area contributed by atoms with Gasteiger partial charge >= 0.3 is 0 Å². The Hall–Kier alpha value is -1.78. The van der Waals surface area contributed by atoms with Crippen molar-refractivity contribution >= 4 is 17.4 Å². The van der Waals surface area contributed by atoms with Crippen LogP contribution in [0.15, 0.2) is 18.3 Å². The lowest BCUT2D eigenvalue weighted by Gasteiger charge is -2.42. The lowest BCUT2D eigenvalue weighted by molar-refractivity contribution is -0.126. The van der Waals surface area contributed by atoms with Crippen molar-refractivity contribution in [1.82, 2.24) is 10.3 Å². The third-order valence-corrected chi connectivity index (χ3v) is 3.26. The summed E-state index contributed by atoms with van der Waals surface area (Å²) in [6.45, 7) is 8.24. The standard InChI is InChI=1S/C13H20N4O/c1-4-14-11-9-10(5-6-15-11)17-8-7-16-12(18)13(17,2)3/h5-6,9H,4,7-8H2,1-3H3,(H,14,15)(H,16,18). The average molecular weight is 248 g/mol. The second kappa shape index (κ2) is 4.84. The van der Waals surface area contributed by atoms with Crippen LogP contribution in [-0.4, -0.2) is 36.1 Å². The van der Waals surface area contributed by atoms with E-state index < -0.39 is 5.54 Å². The van der Waals surface area contributed by atoms with E-state index in [2.05, 4.69) is 20.5 Å². The second-order valence-corrected chi connectivity index (χ2v) is 4.90. The first-order valence-electron chi connectivity index (χ1n) is 6.31. The minimum atomic E-state index is -0.525. The number of aromatic nitrogens is 1. The Kier molecular flexibility index (Phi) is 3.41. The van der Waals surface area contributed by atoms with Crippen LogP contribution in [0.25, 0.3) is 0 Å². The second-order valence-electron chi connectivity index (χ2n) is 4.90. The van der Waals surface area contributed by atoms with E-state index in [1.165, 1.54) is 0 Å². The number of carbonyl (C=O) groups is 1. The summed E-state index contributed by atoms with van der Waals surface area (Å²) in [5, 5.41) is 6.09. The van der Waals surface area contributed by atoms with Crippen molar-refractivity contribution in [2.24, 2.45) is 0 Å². The van der Waals surface area contributed by atoms with Crippen molar-refractivity contribution < 1.29 is 4.79 Å². The van der Waals surface area contributed by atoms with Gasteiger partial charge in [-0.1, -0.05) is 0 Å². The third kappa shape index (κ3) is 2.25. The first-order chi connectivity index (χ1) is 8.55. The van der Waals surface area contributed by atoms with Crippen molar-refractivity contribution in [1.29, 1.82) is 0 Å². The molecule has 18 heavy (non-hydrogen) atoms. The van der Waals surface area contributed by atoms with Crippen molar-refractivity contribution in [3.8, 4) is 0 Å². The number of anilines is 2. The van der Waals surface area contributed by atoms with Gasteiger partial charge in [0, 0.05) is 37.6 Å². The van der Waals surface area contributed by atoms with Crippen molar-refractivity contribution in [2.45, 2.75) is 26.3 Å². The van der Waals surface area contributed by atoms with E-state index in [1.807, 2.05) is 32.9 Å². The van der Waals surface area contributed by atoms with E-state index in [9.17, 15) is 4.79 Å². The Morgan fingerprint density at radius 2 is 2.33 bits per heavy atom. The zero-order valence-corrected chi connectivity index (χ0v) is 11.2. The Morgan fingerprint density at radius 1 is 1.56 bits per heavy atom. The van der Waals surface area contributed by atoms with E-state index >= 15 is 0 Å². The van der Waals surface area contributed by atoms with Crippen LogP contribution >= 0.6 is 0 Å². The molecule has 5 nitrogen and oxygen atoms in total. The molecule has 1 amide bonds. The number of rotatable bonds is 3. The smallest absolute Gasteiger partial charge is 0.245 e. The van der Waals surface area contributed by atoms with Gasteiger partial charge in [0.25, 0.3) is 0 Å². The topological polar surface area (TPSA) is 57.3 Å². The maximum atomic E-state index is 11.9. The molecule has 1 aliphatic rings. The normalized spacial score (nSPS) is 18.4. The molecule has 0 radical (unpaired) electrons. The molecule has 1 fully saturated rings. The van der Waals surface area contributed by atoms with Crippen molar-refractivity contribution in [2.75, 3.05) is 29.9 Å². The molecule has 98 valence electrons. The highest BCUT2D eigenvalue weighted by molar-refractivity contribution is 5.90. The summed E-state index contributed by atoms with van der Waals surface area (Å²) in [5.41, 5.74) is 0.504. The fraction of sp³-hybridized carbons (Fsp3) is 0.538. The molecule has 0 saturated carbocycles. The number of nitrogens with zero attached hydrogens (tertiary/aromatic N) is 2. The van der Waals surface area contributed by atoms with Crippen LogP contribution in [0.4, 0.5) is 11.5 Å². The van der Waals surface area contributed by atoms with Gasteiger partial charge in [0.1, 0.15) is 11.4 Å². The van der Waals surface area contributed by atoms with E-state index in [4.69, 9.17) is 0 Å². The molecule has 2 heterocycles.